The van der Waals surface area contributed by atoms with Gasteiger partial charge in [-0.15, -0.1) is 0 Å². The first-order valence-electron chi connectivity index (χ1n) is 6.69. The van der Waals surface area contributed by atoms with Gasteiger partial charge in [0.15, 0.2) is 5.13 Å². The Morgan fingerprint density at radius 3 is 2.53 bits per heavy atom. The largest absolute Gasteiger partial charge is 0.477 e. The molecule has 1 aromatic heterocycles. The van der Waals surface area contributed by atoms with Gasteiger partial charge in [0, 0.05) is 13.1 Å². The SMILES string of the molecule is CC(C)c1nc(N2CC3CCC(C2)O3)sc1C(=O)O. The predicted molar refractivity (Wildman–Crippen MR) is 73.3 cm³/mol. The van der Waals surface area contributed by atoms with E-state index in [4.69, 9.17) is 4.74 Å². The average molecular weight is 282 g/mol. The van der Waals surface area contributed by atoms with Gasteiger partial charge in [-0.05, 0) is 18.8 Å². The summed E-state index contributed by atoms with van der Waals surface area (Å²) < 4.78 is 5.80. The van der Waals surface area contributed by atoms with E-state index < -0.39 is 5.97 Å². The van der Waals surface area contributed by atoms with Gasteiger partial charge in [-0.25, -0.2) is 9.78 Å². The number of carboxylic acids is 1. The summed E-state index contributed by atoms with van der Waals surface area (Å²) in [7, 11) is 0. The van der Waals surface area contributed by atoms with E-state index in [1.54, 1.807) is 0 Å². The van der Waals surface area contributed by atoms with Gasteiger partial charge in [-0.2, -0.15) is 0 Å². The number of aromatic carboxylic acids is 1. The molecule has 2 saturated heterocycles. The topological polar surface area (TPSA) is 62.7 Å². The zero-order chi connectivity index (χ0) is 13.6. The smallest absolute Gasteiger partial charge is 0.347 e. The highest BCUT2D eigenvalue weighted by Crippen LogP contribution is 2.35. The van der Waals surface area contributed by atoms with Crippen LogP contribution in [-0.2, 0) is 4.74 Å². The number of carboxylic acid groups (broad SMARTS) is 1. The molecule has 0 radical (unpaired) electrons. The summed E-state index contributed by atoms with van der Waals surface area (Å²) in [5, 5.41) is 10.1. The molecule has 0 amide bonds. The second kappa shape index (κ2) is 4.76. The molecular formula is C13H18N2O3S. The number of anilines is 1. The van der Waals surface area contributed by atoms with Crippen molar-refractivity contribution in [2.24, 2.45) is 0 Å². The molecular weight excluding hydrogens is 264 g/mol. The van der Waals surface area contributed by atoms with Gasteiger partial charge in [0.1, 0.15) is 4.88 Å². The van der Waals surface area contributed by atoms with Gasteiger partial charge in [0.05, 0.1) is 17.9 Å². The molecule has 2 aliphatic heterocycles. The minimum atomic E-state index is -0.872. The quantitative estimate of drug-likeness (QED) is 0.922. The third kappa shape index (κ3) is 2.34. The predicted octanol–water partition coefficient (Wildman–Crippen LogP) is 2.33. The van der Waals surface area contributed by atoms with Crippen molar-refractivity contribution in [3.63, 3.8) is 0 Å². The zero-order valence-electron chi connectivity index (χ0n) is 11.1. The molecule has 1 aromatic rings. The maximum absolute atomic E-state index is 11.3. The van der Waals surface area contributed by atoms with Crippen LogP contribution in [0.15, 0.2) is 0 Å². The third-order valence-electron chi connectivity index (χ3n) is 3.70. The number of hydrogen-bond donors (Lipinski definition) is 1. The Balaban J connectivity index is 1.89. The minimum Gasteiger partial charge on any atom is -0.477 e. The van der Waals surface area contributed by atoms with Crippen LogP contribution in [0, 0.1) is 0 Å². The number of thiazole rings is 1. The van der Waals surface area contributed by atoms with E-state index in [2.05, 4.69) is 9.88 Å². The van der Waals surface area contributed by atoms with E-state index in [1.165, 1.54) is 11.3 Å². The van der Waals surface area contributed by atoms with Gasteiger partial charge >= 0.3 is 5.97 Å². The maximum atomic E-state index is 11.3. The van der Waals surface area contributed by atoms with Crippen molar-refractivity contribution in [3.05, 3.63) is 10.6 Å². The van der Waals surface area contributed by atoms with Gasteiger partial charge in [-0.1, -0.05) is 25.2 Å². The number of rotatable bonds is 3. The Kier molecular flexibility index (Phi) is 3.22. The number of ether oxygens (including phenoxy) is 1. The van der Waals surface area contributed by atoms with Gasteiger partial charge < -0.3 is 14.7 Å². The first kappa shape index (κ1) is 12.9. The molecule has 3 heterocycles. The van der Waals surface area contributed by atoms with Crippen LogP contribution in [0.2, 0.25) is 0 Å². The first-order valence-corrected chi connectivity index (χ1v) is 7.50. The molecule has 2 aliphatic rings. The van der Waals surface area contributed by atoms with Crippen molar-refractivity contribution in [1.29, 1.82) is 0 Å². The first-order chi connectivity index (χ1) is 9.04. The Morgan fingerprint density at radius 1 is 1.42 bits per heavy atom. The summed E-state index contributed by atoms with van der Waals surface area (Å²) in [4.78, 5) is 18.4. The number of morpholine rings is 1. The fourth-order valence-corrected chi connectivity index (χ4v) is 3.85. The molecule has 2 bridgehead atoms. The molecule has 0 spiro atoms. The number of fused-ring (bicyclic) bond motifs is 2. The number of hydrogen-bond acceptors (Lipinski definition) is 5. The standard InChI is InChI=1S/C13H18N2O3S/c1-7(2)10-11(12(16)17)19-13(14-10)15-5-8-3-4-9(6-15)18-8/h7-9H,3-6H2,1-2H3,(H,16,17). The zero-order valence-corrected chi connectivity index (χ0v) is 11.9. The molecule has 0 aromatic carbocycles. The van der Waals surface area contributed by atoms with Crippen LogP contribution in [0.25, 0.3) is 0 Å². The van der Waals surface area contributed by atoms with Crippen LogP contribution in [0.1, 0.15) is 48.0 Å². The van der Waals surface area contributed by atoms with E-state index in [9.17, 15) is 9.90 Å². The normalized spacial score (nSPS) is 26.2. The third-order valence-corrected chi connectivity index (χ3v) is 4.82. The molecule has 104 valence electrons. The summed E-state index contributed by atoms with van der Waals surface area (Å²) in [6.07, 6.45) is 2.79. The molecule has 3 rings (SSSR count). The fourth-order valence-electron chi connectivity index (χ4n) is 2.77. The second-order valence-electron chi connectivity index (χ2n) is 5.53. The van der Waals surface area contributed by atoms with Gasteiger partial charge in [0.2, 0.25) is 0 Å². The average Bonchev–Trinajstić information content (AvgIpc) is 2.93. The monoisotopic (exact) mass is 282 g/mol. The Hall–Kier alpha value is -1.14. The highest BCUT2D eigenvalue weighted by atomic mass is 32.1. The second-order valence-corrected chi connectivity index (χ2v) is 6.51. The summed E-state index contributed by atoms with van der Waals surface area (Å²) in [6, 6.07) is 0. The Morgan fingerprint density at radius 2 is 2.05 bits per heavy atom. The van der Waals surface area contributed by atoms with E-state index in [1.807, 2.05) is 13.8 Å². The summed E-state index contributed by atoms with van der Waals surface area (Å²) >= 11 is 1.29. The van der Waals surface area contributed by atoms with Crippen LogP contribution in [-0.4, -0.2) is 41.4 Å². The van der Waals surface area contributed by atoms with E-state index in [-0.39, 0.29) is 5.92 Å². The molecule has 19 heavy (non-hydrogen) atoms. The number of nitrogens with zero attached hydrogens (tertiary/aromatic N) is 2. The van der Waals surface area contributed by atoms with Crippen molar-refractivity contribution >= 4 is 22.4 Å². The summed E-state index contributed by atoms with van der Waals surface area (Å²) in [6.45, 7) is 5.63. The van der Waals surface area contributed by atoms with Gasteiger partial charge in [0.25, 0.3) is 0 Å². The highest BCUT2D eigenvalue weighted by Gasteiger charge is 2.35. The summed E-state index contributed by atoms with van der Waals surface area (Å²) in [5.74, 6) is -0.738. The Labute approximate surface area is 116 Å². The van der Waals surface area contributed by atoms with Crippen LogP contribution in [0.3, 0.4) is 0 Å². The van der Waals surface area contributed by atoms with Crippen molar-refractivity contribution in [3.8, 4) is 0 Å². The lowest BCUT2D eigenvalue weighted by Gasteiger charge is -2.31. The maximum Gasteiger partial charge on any atom is 0.347 e. The van der Waals surface area contributed by atoms with Crippen molar-refractivity contribution in [2.45, 2.75) is 44.8 Å². The molecule has 2 atom stereocenters. The number of aromatic nitrogens is 1. The van der Waals surface area contributed by atoms with Crippen molar-refractivity contribution in [1.82, 2.24) is 4.98 Å². The highest BCUT2D eigenvalue weighted by molar-refractivity contribution is 7.17. The van der Waals surface area contributed by atoms with E-state index in [0.717, 1.165) is 31.1 Å². The lowest BCUT2D eigenvalue weighted by molar-refractivity contribution is 0.0304. The molecule has 1 N–H and O–H groups in total. The van der Waals surface area contributed by atoms with Crippen LogP contribution in [0.4, 0.5) is 5.13 Å². The number of carbonyl (C=O) groups is 1. The van der Waals surface area contributed by atoms with Crippen LogP contribution < -0.4 is 4.90 Å². The molecule has 5 nitrogen and oxygen atoms in total. The van der Waals surface area contributed by atoms with E-state index in [0.29, 0.717) is 22.8 Å². The molecule has 2 unspecified atom stereocenters. The lowest BCUT2D eigenvalue weighted by Crippen LogP contribution is -2.42. The van der Waals surface area contributed by atoms with Crippen LogP contribution in [0.5, 0.6) is 0 Å². The van der Waals surface area contributed by atoms with Gasteiger partial charge in [-0.3, -0.25) is 0 Å². The molecule has 0 aliphatic carbocycles. The summed E-state index contributed by atoms with van der Waals surface area (Å²) in [5.41, 5.74) is 0.700. The molecule has 6 heteroatoms. The Bertz CT molecular complexity index is 488. The van der Waals surface area contributed by atoms with E-state index >= 15 is 0 Å². The molecule has 0 saturated carbocycles. The van der Waals surface area contributed by atoms with Crippen LogP contribution >= 0.6 is 11.3 Å². The minimum absolute atomic E-state index is 0.133. The molecule has 2 fully saturated rings. The van der Waals surface area contributed by atoms with Crippen molar-refractivity contribution < 1.29 is 14.6 Å². The lowest BCUT2D eigenvalue weighted by atomic mass is 10.1. The van der Waals surface area contributed by atoms with Crippen molar-refractivity contribution in [2.75, 3.05) is 18.0 Å². The fraction of sp³-hybridized carbons (Fsp3) is 0.692.